The number of methoxy groups -OCH3 is 2. The summed E-state index contributed by atoms with van der Waals surface area (Å²) in [6, 6.07) is 15.5. The number of carbonyl (C=O) groups is 1. The van der Waals surface area contributed by atoms with Crippen molar-refractivity contribution >= 4 is 35.2 Å². The SMILES string of the molecule is COc1ccc(NC(=O)COc2ccc(C=NNc3ccc(Cl)nn3)cc2OC)cc1. The first-order chi connectivity index (χ1) is 15.1. The maximum absolute atomic E-state index is 12.1. The molecule has 160 valence electrons. The number of aromatic nitrogens is 2. The first-order valence-electron chi connectivity index (χ1n) is 9.10. The van der Waals surface area contributed by atoms with Crippen LogP contribution in [0.1, 0.15) is 5.56 Å². The van der Waals surface area contributed by atoms with Crippen LogP contribution in [0.25, 0.3) is 0 Å². The summed E-state index contributed by atoms with van der Waals surface area (Å²) >= 11 is 5.69. The van der Waals surface area contributed by atoms with Gasteiger partial charge in [0.2, 0.25) is 0 Å². The van der Waals surface area contributed by atoms with Gasteiger partial charge in [0.05, 0.1) is 20.4 Å². The Kier molecular flexibility index (Phi) is 7.61. The maximum Gasteiger partial charge on any atom is 0.262 e. The lowest BCUT2D eigenvalue weighted by molar-refractivity contribution is -0.118. The molecule has 2 aromatic carbocycles. The Morgan fingerprint density at radius 2 is 1.84 bits per heavy atom. The van der Waals surface area contributed by atoms with Crippen molar-refractivity contribution in [3.8, 4) is 17.2 Å². The minimum Gasteiger partial charge on any atom is -0.497 e. The van der Waals surface area contributed by atoms with E-state index in [4.69, 9.17) is 25.8 Å². The molecule has 3 aromatic rings. The van der Waals surface area contributed by atoms with Gasteiger partial charge in [0.15, 0.2) is 29.1 Å². The Balaban J connectivity index is 1.55. The predicted molar refractivity (Wildman–Crippen MR) is 118 cm³/mol. The van der Waals surface area contributed by atoms with Crippen LogP contribution in [0.5, 0.6) is 17.2 Å². The van der Waals surface area contributed by atoms with Gasteiger partial charge in [-0.2, -0.15) is 5.10 Å². The van der Waals surface area contributed by atoms with E-state index in [1.807, 2.05) is 0 Å². The number of ether oxygens (including phenoxy) is 3. The normalized spacial score (nSPS) is 10.5. The summed E-state index contributed by atoms with van der Waals surface area (Å²) < 4.78 is 16.0. The fourth-order valence-corrected chi connectivity index (χ4v) is 2.55. The Morgan fingerprint density at radius 3 is 2.52 bits per heavy atom. The van der Waals surface area contributed by atoms with E-state index in [9.17, 15) is 4.79 Å². The molecular weight excluding hydrogens is 422 g/mol. The molecule has 0 spiro atoms. The van der Waals surface area contributed by atoms with Crippen LogP contribution in [0, 0.1) is 0 Å². The zero-order valence-corrected chi connectivity index (χ0v) is 17.6. The molecule has 0 saturated carbocycles. The summed E-state index contributed by atoms with van der Waals surface area (Å²) in [7, 11) is 3.10. The first-order valence-corrected chi connectivity index (χ1v) is 9.48. The second kappa shape index (κ2) is 10.8. The first kappa shape index (κ1) is 21.8. The van der Waals surface area contributed by atoms with Gasteiger partial charge in [-0.05, 0) is 60.2 Å². The Labute approximate surface area is 184 Å². The molecule has 3 rings (SSSR count). The summed E-state index contributed by atoms with van der Waals surface area (Å²) in [5.74, 6) is 1.76. The van der Waals surface area contributed by atoms with Crippen molar-refractivity contribution in [2.75, 3.05) is 31.6 Å². The molecule has 1 aromatic heterocycles. The maximum atomic E-state index is 12.1. The van der Waals surface area contributed by atoms with E-state index in [0.717, 1.165) is 5.56 Å². The number of amides is 1. The van der Waals surface area contributed by atoms with Crippen LogP contribution in [0.4, 0.5) is 11.5 Å². The van der Waals surface area contributed by atoms with Crippen molar-refractivity contribution < 1.29 is 19.0 Å². The topological polar surface area (TPSA) is 107 Å². The lowest BCUT2D eigenvalue weighted by Gasteiger charge is -2.11. The molecular formula is C21H20ClN5O4. The van der Waals surface area contributed by atoms with Crippen LogP contribution >= 0.6 is 11.6 Å². The van der Waals surface area contributed by atoms with E-state index in [1.165, 1.54) is 7.11 Å². The summed E-state index contributed by atoms with van der Waals surface area (Å²) in [5, 5.41) is 14.7. The molecule has 0 saturated heterocycles. The van der Waals surface area contributed by atoms with Gasteiger partial charge in [-0.15, -0.1) is 10.2 Å². The number of carbonyl (C=O) groups excluding carboxylic acids is 1. The lowest BCUT2D eigenvalue weighted by atomic mass is 10.2. The van der Waals surface area contributed by atoms with E-state index < -0.39 is 0 Å². The number of hydrazone groups is 1. The molecule has 10 heteroatoms. The quantitative estimate of drug-likeness (QED) is 0.386. The van der Waals surface area contributed by atoms with Gasteiger partial charge < -0.3 is 19.5 Å². The molecule has 0 fully saturated rings. The van der Waals surface area contributed by atoms with Crippen LogP contribution < -0.4 is 25.0 Å². The summed E-state index contributed by atoms with van der Waals surface area (Å²) in [5.41, 5.74) is 4.14. The molecule has 0 aliphatic heterocycles. The number of hydrogen-bond acceptors (Lipinski definition) is 8. The van der Waals surface area contributed by atoms with Gasteiger partial charge in [0, 0.05) is 5.69 Å². The van der Waals surface area contributed by atoms with Gasteiger partial charge in [0.25, 0.3) is 5.91 Å². The number of hydrogen-bond donors (Lipinski definition) is 2. The van der Waals surface area contributed by atoms with E-state index >= 15 is 0 Å². The summed E-state index contributed by atoms with van der Waals surface area (Å²) in [4.78, 5) is 12.1. The van der Waals surface area contributed by atoms with E-state index in [-0.39, 0.29) is 12.5 Å². The fraction of sp³-hybridized carbons (Fsp3) is 0.143. The van der Waals surface area contributed by atoms with Crippen molar-refractivity contribution in [3.05, 3.63) is 65.3 Å². The van der Waals surface area contributed by atoms with Gasteiger partial charge in [0.1, 0.15) is 5.75 Å². The van der Waals surface area contributed by atoms with Crippen molar-refractivity contribution in [1.82, 2.24) is 10.2 Å². The molecule has 2 N–H and O–H groups in total. The highest BCUT2D eigenvalue weighted by atomic mass is 35.5. The van der Waals surface area contributed by atoms with Gasteiger partial charge in [-0.1, -0.05) is 11.6 Å². The summed E-state index contributed by atoms with van der Waals surface area (Å²) in [6.45, 7) is -0.174. The van der Waals surface area contributed by atoms with Crippen LogP contribution in [-0.4, -0.2) is 43.1 Å². The van der Waals surface area contributed by atoms with Crippen molar-refractivity contribution in [1.29, 1.82) is 0 Å². The molecule has 9 nitrogen and oxygen atoms in total. The zero-order chi connectivity index (χ0) is 22.1. The highest BCUT2D eigenvalue weighted by Gasteiger charge is 2.09. The second-order valence-corrected chi connectivity index (χ2v) is 6.47. The molecule has 0 bridgehead atoms. The van der Waals surface area contributed by atoms with Gasteiger partial charge in [-0.3, -0.25) is 10.2 Å². The third-order valence-electron chi connectivity index (χ3n) is 3.94. The lowest BCUT2D eigenvalue weighted by Crippen LogP contribution is -2.20. The second-order valence-electron chi connectivity index (χ2n) is 6.09. The largest absolute Gasteiger partial charge is 0.497 e. The van der Waals surface area contributed by atoms with E-state index in [2.05, 4.69) is 26.0 Å². The minimum absolute atomic E-state index is 0.174. The smallest absolute Gasteiger partial charge is 0.262 e. The number of benzene rings is 2. The fourth-order valence-electron chi connectivity index (χ4n) is 2.45. The zero-order valence-electron chi connectivity index (χ0n) is 16.8. The predicted octanol–water partition coefficient (Wildman–Crippen LogP) is 3.61. The molecule has 1 amide bonds. The number of nitrogens with one attached hydrogen (secondary N) is 2. The monoisotopic (exact) mass is 441 g/mol. The summed E-state index contributed by atoms with van der Waals surface area (Å²) in [6.07, 6.45) is 1.58. The highest BCUT2D eigenvalue weighted by molar-refractivity contribution is 6.29. The number of nitrogens with zero attached hydrogens (tertiary/aromatic N) is 3. The number of anilines is 2. The molecule has 0 aliphatic rings. The average molecular weight is 442 g/mol. The standard InChI is InChI=1S/C21H20ClN5O4/c1-29-16-6-4-15(5-7-16)24-21(28)13-31-17-8-3-14(11-18(17)30-2)12-23-26-20-10-9-19(22)25-27-20/h3-12H,13H2,1-2H3,(H,24,28)(H,26,27). The van der Waals surface area contributed by atoms with E-state index in [0.29, 0.717) is 33.9 Å². The molecule has 1 heterocycles. The van der Waals surface area contributed by atoms with Crippen molar-refractivity contribution in [2.24, 2.45) is 5.10 Å². The number of rotatable bonds is 9. The molecule has 0 aliphatic carbocycles. The minimum atomic E-state index is -0.300. The van der Waals surface area contributed by atoms with Gasteiger partial charge in [-0.25, -0.2) is 0 Å². The van der Waals surface area contributed by atoms with Crippen LogP contribution in [-0.2, 0) is 4.79 Å². The van der Waals surface area contributed by atoms with Crippen LogP contribution in [0.3, 0.4) is 0 Å². The number of halogens is 1. The average Bonchev–Trinajstić information content (AvgIpc) is 2.80. The van der Waals surface area contributed by atoms with Crippen molar-refractivity contribution in [3.63, 3.8) is 0 Å². The van der Waals surface area contributed by atoms with Crippen LogP contribution in [0.15, 0.2) is 59.7 Å². The van der Waals surface area contributed by atoms with E-state index in [1.54, 1.807) is 67.9 Å². The highest BCUT2D eigenvalue weighted by Crippen LogP contribution is 2.27. The molecule has 0 unspecified atom stereocenters. The van der Waals surface area contributed by atoms with Crippen LogP contribution in [0.2, 0.25) is 5.15 Å². The Hall–Kier alpha value is -3.85. The van der Waals surface area contributed by atoms with Gasteiger partial charge >= 0.3 is 0 Å². The third kappa shape index (κ3) is 6.58. The molecule has 31 heavy (non-hydrogen) atoms. The molecule has 0 atom stereocenters. The van der Waals surface area contributed by atoms with Crippen molar-refractivity contribution in [2.45, 2.75) is 0 Å². The Morgan fingerprint density at radius 1 is 1.03 bits per heavy atom. The Bertz CT molecular complexity index is 1040. The third-order valence-corrected chi connectivity index (χ3v) is 4.15. The molecule has 0 radical (unpaired) electrons.